The van der Waals surface area contributed by atoms with Gasteiger partial charge in [0.05, 0.1) is 23.3 Å². The highest BCUT2D eigenvalue weighted by Crippen LogP contribution is 2.30. The monoisotopic (exact) mass is 320 g/mol. The molecule has 1 aromatic heterocycles. The molecule has 2 aromatic rings. The number of carbonyl (C=O) groups is 1. The Labute approximate surface area is 129 Å². The van der Waals surface area contributed by atoms with Crippen LogP contribution in [0.3, 0.4) is 0 Å². The third kappa shape index (κ3) is 2.45. The zero-order chi connectivity index (χ0) is 16.4. The number of nitrogens with two attached hydrogens (primary N) is 1. The third-order valence-electron chi connectivity index (χ3n) is 2.95. The lowest BCUT2D eigenvalue weighted by Gasteiger charge is -2.08. The molecule has 0 fully saturated rings. The molecule has 1 heterocycles. The lowest BCUT2D eigenvalue weighted by atomic mass is 10.2. The molecule has 0 spiro atoms. The maximum atomic E-state index is 11.8. The van der Waals surface area contributed by atoms with E-state index in [0.717, 1.165) is 0 Å². The van der Waals surface area contributed by atoms with Gasteiger partial charge in [0.1, 0.15) is 11.1 Å². The topological polar surface area (TPSA) is 124 Å². The summed E-state index contributed by atoms with van der Waals surface area (Å²) in [5.74, 6) is -0.742. The number of rotatable bonds is 3. The quantitative estimate of drug-likeness (QED) is 0.525. The van der Waals surface area contributed by atoms with Crippen LogP contribution in [0.4, 0.5) is 11.4 Å². The van der Waals surface area contributed by atoms with E-state index in [-0.39, 0.29) is 27.7 Å². The maximum absolute atomic E-state index is 11.8. The molecule has 0 unspecified atom stereocenters. The maximum Gasteiger partial charge on any atom is 0.357 e. The summed E-state index contributed by atoms with van der Waals surface area (Å²) in [7, 11) is 1.17. The predicted octanol–water partition coefficient (Wildman–Crippen LogP) is 2.28. The number of methoxy groups -OCH3 is 1. The molecule has 9 heteroatoms. The van der Waals surface area contributed by atoms with E-state index in [0.29, 0.717) is 5.69 Å². The van der Waals surface area contributed by atoms with Gasteiger partial charge in [0, 0.05) is 18.0 Å². The Morgan fingerprint density at radius 2 is 2.23 bits per heavy atom. The summed E-state index contributed by atoms with van der Waals surface area (Å²) in [5, 5.41) is 19.7. The molecule has 0 aliphatic carbocycles. The van der Waals surface area contributed by atoms with E-state index in [1.54, 1.807) is 0 Å². The standard InChI is InChI=1S/C13H9ClN4O4/c1-22-13(19)12-11(16)7(5-15)6-17(12)8-2-3-10(18(20)21)9(14)4-8/h2-4,6H,16H2,1H3. The van der Waals surface area contributed by atoms with E-state index in [4.69, 9.17) is 22.6 Å². The fourth-order valence-electron chi connectivity index (χ4n) is 1.91. The van der Waals surface area contributed by atoms with Crippen LogP contribution in [0.5, 0.6) is 0 Å². The van der Waals surface area contributed by atoms with Crippen LogP contribution in [0.15, 0.2) is 24.4 Å². The van der Waals surface area contributed by atoms with E-state index >= 15 is 0 Å². The Hall–Kier alpha value is -3.05. The number of nitro groups is 1. The number of nitro benzene ring substituents is 1. The molecule has 112 valence electrons. The molecule has 2 rings (SSSR count). The van der Waals surface area contributed by atoms with E-state index in [1.165, 1.54) is 36.1 Å². The highest BCUT2D eigenvalue weighted by atomic mass is 35.5. The number of anilines is 1. The van der Waals surface area contributed by atoms with Gasteiger partial charge in [-0.15, -0.1) is 0 Å². The number of nitrogens with zero attached hydrogens (tertiary/aromatic N) is 3. The fourth-order valence-corrected chi connectivity index (χ4v) is 2.16. The number of carbonyl (C=O) groups excluding carboxylic acids is 1. The number of benzene rings is 1. The second-order valence-corrected chi connectivity index (χ2v) is 4.58. The summed E-state index contributed by atoms with van der Waals surface area (Å²) in [6, 6.07) is 5.73. The first-order valence-electron chi connectivity index (χ1n) is 5.84. The third-order valence-corrected chi connectivity index (χ3v) is 3.25. The summed E-state index contributed by atoms with van der Waals surface area (Å²) >= 11 is 5.85. The number of nitriles is 1. The van der Waals surface area contributed by atoms with Crippen molar-refractivity contribution in [1.82, 2.24) is 4.57 Å². The predicted molar refractivity (Wildman–Crippen MR) is 77.9 cm³/mol. The van der Waals surface area contributed by atoms with Crippen LogP contribution in [0.25, 0.3) is 5.69 Å². The second kappa shape index (κ2) is 5.75. The zero-order valence-electron chi connectivity index (χ0n) is 11.2. The van der Waals surface area contributed by atoms with E-state index in [9.17, 15) is 14.9 Å². The second-order valence-electron chi connectivity index (χ2n) is 4.17. The van der Waals surface area contributed by atoms with Gasteiger partial charge in [-0.05, 0) is 12.1 Å². The Bertz CT molecular complexity index is 822. The SMILES string of the molecule is COC(=O)c1c(N)c(C#N)cn1-c1ccc([N+](=O)[O-])c(Cl)c1. The van der Waals surface area contributed by atoms with Crippen LogP contribution >= 0.6 is 11.6 Å². The molecule has 0 radical (unpaired) electrons. The molecule has 0 aliphatic heterocycles. The van der Waals surface area contributed by atoms with Crippen LogP contribution in [-0.4, -0.2) is 22.6 Å². The highest BCUT2D eigenvalue weighted by molar-refractivity contribution is 6.32. The Balaban J connectivity index is 2.67. The van der Waals surface area contributed by atoms with Crippen molar-refractivity contribution in [3.63, 3.8) is 0 Å². The normalized spacial score (nSPS) is 10.0. The molecule has 0 saturated carbocycles. The smallest absolute Gasteiger partial charge is 0.357 e. The number of nitrogen functional groups attached to an aromatic ring is 1. The number of hydrogen-bond donors (Lipinski definition) is 1. The van der Waals surface area contributed by atoms with Crippen molar-refractivity contribution in [2.75, 3.05) is 12.8 Å². The number of esters is 1. The lowest BCUT2D eigenvalue weighted by Crippen LogP contribution is -2.11. The lowest BCUT2D eigenvalue weighted by molar-refractivity contribution is -0.384. The first-order valence-corrected chi connectivity index (χ1v) is 6.22. The Kier molecular flexibility index (Phi) is 4.01. The van der Waals surface area contributed by atoms with Crippen LogP contribution in [0.2, 0.25) is 5.02 Å². The first kappa shape index (κ1) is 15.3. The average molecular weight is 321 g/mol. The minimum absolute atomic E-state index is 0.0381. The summed E-state index contributed by atoms with van der Waals surface area (Å²) in [6.07, 6.45) is 1.33. The minimum Gasteiger partial charge on any atom is -0.464 e. The zero-order valence-corrected chi connectivity index (χ0v) is 12.0. The van der Waals surface area contributed by atoms with E-state index < -0.39 is 10.9 Å². The Morgan fingerprint density at radius 1 is 1.55 bits per heavy atom. The van der Waals surface area contributed by atoms with Crippen molar-refractivity contribution in [3.8, 4) is 11.8 Å². The van der Waals surface area contributed by atoms with Gasteiger partial charge in [0.15, 0.2) is 5.69 Å². The molecule has 0 saturated heterocycles. The molecule has 0 bridgehead atoms. The molecular weight excluding hydrogens is 312 g/mol. The summed E-state index contributed by atoms with van der Waals surface area (Å²) in [6.45, 7) is 0. The van der Waals surface area contributed by atoms with Gasteiger partial charge in [-0.3, -0.25) is 10.1 Å². The van der Waals surface area contributed by atoms with Crippen molar-refractivity contribution < 1.29 is 14.5 Å². The molecule has 2 N–H and O–H groups in total. The molecule has 0 amide bonds. The van der Waals surface area contributed by atoms with Gasteiger partial charge in [-0.2, -0.15) is 5.26 Å². The van der Waals surface area contributed by atoms with E-state index in [2.05, 4.69) is 4.74 Å². The summed E-state index contributed by atoms with van der Waals surface area (Å²) in [4.78, 5) is 22.0. The highest BCUT2D eigenvalue weighted by Gasteiger charge is 2.22. The van der Waals surface area contributed by atoms with Crippen LogP contribution in [0.1, 0.15) is 16.1 Å². The minimum atomic E-state index is -0.742. The van der Waals surface area contributed by atoms with Crippen molar-refractivity contribution in [2.45, 2.75) is 0 Å². The van der Waals surface area contributed by atoms with Gasteiger partial charge in [0.25, 0.3) is 5.69 Å². The largest absolute Gasteiger partial charge is 0.464 e. The number of hydrogen-bond acceptors (Lipinski definition) is 6. The van der Waals surface area contributed by atoms with Crippen molar-refractivity contribution in [3.05, 3.63) is 50.8 Å². The number of halogens is 1. The fraction of sp³-hybridized carbons (Fsp3) is 0.0769. The average Bonchev–Trinajstić information content (AvgIpc) is 2.82. The van der Waals surface area contributed by atoms with Gasteiger partial charge >= 0.3 is 5.97 Å². The first-order chi connectivity index (χ1) is 10.4. The molecule has 0 atom stereocenters. The van der Waals surface area contributed by atoms with Gasteiger partial charge in [0.2, 0.25) is 0 Å². The molecule has 1 aromatic carbocycles. The van der Waals surface area contributed by atoms with Gasteiger partial charge < -0.3 is 15.0 Å². The number of aromatic nitrogens is 1. The number of ether oxygens (including phenoxy) is 1. The van der Waals surface area contributed by atoms with Crippen LogP contribution in [-0.2, 0) is 4.74 Å². The summed E-state index contributed by atoms with van der Waals surface area (Å²) in [5.41, 5.74) is 5.81. The molecule has 22 heavy (non-hydrogen) atoms. The Morgan fingerprint density at radius 3 is 2.73 bits per heavy atom. The van der Waals surface area contributed by atoms with Crippen molar-refractivity contribution in [2.24, 2.45) is 0 Å². The molecule has 0 aliphatic rings. The van der Waals surface area contributed by atoms with E-state index in [1.807, 2.05) is 6.07 Å². The van der Waals surface area contributed by atoms with Gasteiger partial charge in [-0.1, -0.05) is 11.6 Å². The molecule has 8 nitrogen and oxygen atoms in total. The van der Waals surface area contributed by atoms with Crippen LogP contribution < -0.4 is 5.73 Å². The van der Waals surface area contributed by atoms with Crippen molar-refractivity contribution >= 4 is 28.9 Å². The molecular formula is C13H9ClN4O4. The summed E-state index contributed by atoms with van der Waals surface area (Å²) < 4.78 is 5.94. The van der Waals surface area contributed by atoms with Crippen LogP contribution in [0, 0.1) is 21.4 Å². The van der Waals surface area contributed by atoms with Crippen molar-refractivity contribution in [1.29, 1.82) is 5.26 Å². The van der Waals surface area contributed by atoms with Gasteiger partial charge in [-0.25, -0.2) is 4.79 Å².